The second kappa shape index (κ2) is 8.34. The summed E-state index contributed by atoms with van der Waals surface area (Å²) in [6.45, 7) is 6.71. The number of carbonyl (C=O) groups excluding carboxylic acids is 1. The van der Waals surface area contributed by atoms with Gasteiger partial charge in [-0.3, -0.25) is 4.79 Å². The highest BCUT2D eigenvalue weighted by molar-refractivity contribution is 5.78. The van der Waals surface area contributed by atoms with Crippen LogP contribution in [0.15, 0.2) is 54.9 Å². The van der Waals surface area contributed by atoms with Crippen LogP contribution in [0.1, 0.15) is 11.4 Å². The zero-order chi connectivity index (χ0) is 20.2. The maximum absolute atomic E-state index is 12.5. The molecule has 1 aliphatic rings. The number of hydrogen-bond acceptors (Lipinski definition) is 5. The Morgan fingerprint density at radius 3 is 2.38 bits per heavy atom. The van der Waals surface area contributed by atoms with Crippen molar-refractivity contribution in [1.82, 2.24) is 19.4 Å². The number of ether oxygens (including phenoxy) is 1. The molecule has 0 aliphatic carbocycles. The van der Waals surface area contributed by atoms with E-state index in [-0.39, 0.29) is 12.5 Å². The van der Waals surface area contributed by atoms with E-state index in [1.165, 1.54) is 0 Å². The highest BCUT2D eigenvalue weighted by Gasteiger charge is 2.23. The van der Waals surface area contributed by atoms with Crippen LogP contribution in [0.5, 0.6) is 5.75 Å². The van der Waals surface area contributed by atoms with Crippen molar-refractivity contribution in [3.8, 4) is 11.6 Å². The van der Waals surface area contributed by atoms with Gasteiger partial charge in [-0.1, -0.05) is 18.2 Å². The Balaban J connectivity index is 1.36. The molecule has 0 bridgehead atoms. The second-order valence-electron chi connectivity index (χ2n) is 7.14. The maximum Gasteiger partial charge on any atom is 0.260 e. The summed E-state index contributed by atoms with van der Waals surface area (Å²) in [5.74, 6) is 3.25. The molecule has 2 aromatic heterocycles. The normalized spacial score (nSPS) is 14.1. The van der Waals surface area contributed by atoms with Gasteiger partial charge in [0, 0.05) is 44.6 Å². The summed E-state index contributed by atoms with van der Waals surface area (Å²) in [5, 5.41) is 0. The first-order valence-corrected chi connectivity index (χ1v) is 9.80. The molecule has 1 fully saturated rings. The Morgan fingerprint density at radius 1 is 0.966 bits per heavy atom. The van der Waals surface area contributed by atoms with Crippen molar-refractivity contribution in [2.24, 2.45) is 0 Å². The Bertz CT molecular complexity index is 979. The summed E-state index contributed by atoms with van der Waals surface area (Å²) < 4.78 is 7.68. The molecule has 3 aromatic rings. The van der Waals surface area contributed by atoms with Crippen LogP contribution < -0.4 is 9.64 Å². The molecule has 3 heterocycles. The number of aromatic nitrogens is 3. The van der Waals surface area contributed by atoms with Crippen molar-refractivity contribution in [2.45, 2.75) is 13.8 Å². The first-order valence-electron chi connectivity index (χ1n) is 9.80. The van der Waals surface area contributed by atoms with Crippen LogP contribution >= 0.6 is 0 Å². The van der Waals surface area contributed by atoms with Gasteiger partial charge in [-0.15, -0.1) is 0 Å². The summed E-state index contributed by atoms with van der Waals surface area (Å²) in [4.78, 5) is 25.7. The fourth-order valence-electron chi connectivity index (χ4n) is 3.45. The fraction of sp³-hybridized carbons (Fsp3) is 0.318. The van der Waals surface area contributed by atoms with Gasteiger partial charge in [0.2, 0.25) is 0 Å². The molecule has 150 valence electrons. The summed E-state index contributed by atoms with van der Waals surface area (Å²) in [6.07, 6.45) is 3.94. The van der Waals surface area contributed by atoms with Crippen molar-refractivity contribution in [3.05, 3.63) is 66.2 Å². The van der Waals surface area contributed by atoms with Gasteiger partial charge in [-0.25, -0.2) is 9.97 Å². The Morgan fingerprint density at radius 2 is 1.66 bits per heavy atom. The molecular weight excluding hydrogens is 366 g/mol. The molecular formula is C22H25N5O2. The smallest absolute Gasteiger partial charge is 0.260 e. The second-order valence-corrected chi connectivity index (χ2v) is 7.14. The molecule has 4 rings (SSSR count). The van der Waals surface area contributed by atoms with E-state index in [0.717, 1.165) is 41.9 Å². The summed E-state index contributed by atoms with van der Waals surface area (Å²) >= 11 is 0. The van der Waals surface area contributed by atoms with Gasteiger partial charge in [-0.05, 0) is 37.6 Å². The molecule has 0 radical (unpaired) electrons. The average Bonchev–Trinajstić information content (AvgIpc) is 3.28. The van der Waals surface area contributed by atoms with E-state index in [1.54, 1.807) is 0 Å². The lowest BCUT2D eigenvalue weighted by atomic mass is 10.2. The molecule has 0 N–H and O–H groups in total. The zero-order valence-electron chi connectivity index (χ0n) is 16.8. The van der Waals surface area contributed by atoms with Crippen LogP contribution in [-0.2, 0) is 4.79 Å². The van der Waals surface area contributed by atoms with Crippen LogP contribution in [0.3, 0.4) is 0 Å². The predicted molar refractivity (Wildman–Crippen MR) is 112 cm³/mol. The Kier molecular flexibility index (Phi) is 5.46. The molecule has 1 aliphatic heterocycles. The van der Waals surface area contributed by atoms with E-state index in [0.29, 0.717) is 13.1 Å². The van der Waals surface area contributed by atoms with Crippen molar-refractivity contribution in [3.63, 3.8) is 0 Å². The minimum absolute atomic E-state index is 0.0137. The highest BCUT2D eigenvalue weighted by Crippen LogP contribution is 2.19. The van der Waals surface area contributed by atoms with Gasteiger partial charge in [0.05, 0.1) is 0 Å². The molecule has 1 saturated heterocycles. The van der Waals surface area contributed by atoms with E-state index >= 15 is 0 Å². The van der Waals surface area contributed by atoms with Gasteiger partial charge in [0.15, 0.2) is 6.61 Å². The zero-order valence-corrected chi connectivity index (χ0v) is 16.8. The quantitative estimate of drug-likeness (QED) is 0.669. The minimum atomic E-state index is 0.0137. The number of anilines is 1. The van der Waals surface area contributed by atoms with Gasteiger partial charge in [0.1, 0.15) is 23.2 Å². The average molecular weight is 391 g/mol. The van der Waals surface area contributed by atoms with Crippen molar-refractivity contribution in [2.75, 3.05) is 37.7 Å². The standard InChI is InChI=1S/C22H25N5O2/c1-17-7-3-4-8-19(17)29-16-22(28)27-13-11-26(12-14-27)21-15-20(23-18(2)24-21)25-9-5-6-10-25/h3-10,15H,11-14,16H2,1-2H3. The van der Waals surface area contributed by atoms with E-state index in [2.05, 4.69) is 14.9 Å². The number of carbonyl (C=O) groups is 1. The lowest BCUT2D eigenvalue weighted by molar-refractivity contribution is -0.133. The molecule has 1 amide bonds. The first kappa shape index (κ1) is 19.0. The number of rotatable bonds is 5. The third kappa shape index (κ3) is 4.39. The Hall–Kier alpha value is -3.35. The first-order chi connectivity index (χ1) is 14.1. The van der Waals surface area contributed by atoms with Crippen molar-refractivity contribution >= 4 is 11.7 Å². The maximum atomic E-state index is 12.5. The highest BCUT2D eigenvalue weighted by atomic mass is 16.5. The SMILES string of the molecule is Cc1nc(N2CCN(C(=O)COc3ccccc3C)CC2)cc(-n2cccc2)n1. The molecule has 7 heteroatoms. The Labute approximate surface area is 170 Å². The topological polar surface area (TPSA) is 63.5 Å². The minimum Gasteiger partial charge on any atom is -0.484 e. The predicted octanol–water partition coefficient (Wildman–Crippen LogP) is 2.61. The molecule has 0 unspecified atom stereocenters. The van der Waals surface area contributed by atoms with Gasteiger partial charge in [-0.2, -0.15) is 0 Å². The van der Waals surface area contributed by atoms with Gasteiger partial charge >= 0.3 is 0 Å². The van der Waals surface area contributed by atoms with Crippen LogP contribution in [0, 0.1) is 13.8 Å². The van der Waals surface area contributed by atoms with E-state index < -0.39 is 0 Å². The molecule has 29 heavy (non-hydrogen) atoms. The fourth-order valence-corrected chi connectivity index (χ4v) is 3.45. The lowest BCUT2D eigenvalue weighted by Crippen LogP contribution is -2.50. The summed E-state index contributed by atoms with van der Waals surface area (Å²) in [7, 11) is 0. The monoisotopic (exact) mass is 391 g/mol. The largest absolute Gasteiger partial charge is 0.484 e. The van der Waals surface area contributed by atoms with Crippen LogP contribution in [0.4, 0.5) is 5.82 Å². The van der Waals surface area contributed by atoms with E-state index in [1.807, 2.05) is 78.2 Å². The molecule has 0 atom stereocenters. The van der Waals surface area contributed by atoms with E-state index in [4.69, 9.17) is 4.74 Å². The van der Waals surface area contributed by atoms with Crippen LogP contribution in [0.2, 0.25) is 0 Å². The third-order valence-corrected chi connectivity index (χ3v) is 5.08. The van der Waals surface area contributed by atoms with E-state index in [9.17, 15) is 4.79 Å². The number of aryl methyl sites for hydroxylation is 2. The lowest BCUT2D eigenvalue weighted by Gasteiger charge is -2.35. The number of amides is 1. The van der Waals surface area contributed by atoms with Gasteiger partial charge < -0.3 is 19.1 Å². The number of piperazine rings is 1. The van der Waals surface area contributed by atoms with Crippen molar-refractivity contribution in [1.29, 1.82) is 0 Å². The molecule has 7 nitrogen and oxygen atoms in total. The summed E-state index contributed by atoms with van der Waals surface area (Å²) in [6, 6.07) is 13.7. The molecule has 0 spiro atoms. The number of benzene rings is 1. The number of nitrogens with zero attached hydrogens (tertiary/aromatic N) is 5. The molecule has 1 aromatic carbocycles. The van der Waals surface area contributed by atoms with Gasteiger partial charge in [0.25, 0.3) is 5.91 Å². The van der Waals surface area contributed by atoms with Crippen LogP contribution in [0.25, 0.3) is 5.82 Å². The summed E-state index contributed by atoms with van der Waals surface area (Å²) in [5.41, 5.74) is 1.03. The number of hydrogen-bond donors (Lipinski definition) is 0. The number of para-hydroxylation sites is 1. The third-order valence-electron chi connectivity index (χ3n) is 5.08. The molecule has 0 saturated carbocycles. The van der Waals surface area contributed by atoms with Crippen molar-refractivity contribution < 1.29 is 9.53 Å². The van der Waals surface area contributed by atoms with Crippen LogP contribution in [-0.4, -0.2) is 58.1 Å².